The zero-order valence-electron chi connectivity index (χ0n) is 8.50. The molecule has 1 aromatic rings. The highest BCUT2D eigenvalue weighted by Crippen LogP contribution is 2.38. The van der Waals surface area contributed by atoms with E-state index < -0.39 is 0 Å². The lowest BCUT2D eigenvalue weighted by Gasteiger charge is -2.15. The molecule has 0 saturated carbocycles. The van der Waals surface area contributed by atoms with Crippen molar-refractivity contribution in [3.8, 4) is 0 Å². The van der Waals surface area contributed by atoms with E-state index in [1.165, 1.54) is 0 Å². The number of nitrogens with two attached hydrogens (primary N) is 5. The standard InChI is InChI=1S/C9H15N5O/c1-2-3(15)4-5(10)7(12)9(14)8(13)6(4)11/h2,10-14H2,1H3. The molecule has 0 saturated heterocycles. The summed E-state index contributed by atoms with van der Waals surface area (Å²) in [5.41, 5.74) is 28.8. The van der Waals surface area contributed by atoms with Crippen LogP contribution in [0.2, 0.25) is 0 Å². The zero-order valence-corrected chi connectivity index (χ0v) is 8.50. The molecule has 0 fully saturated rings. The molecule has 1 aromatic carbocycles. The van der Waals surface area contributed by atoms with Crippen LogP contribution >= 0.6 is 0 Å². The molecule has 6 nitrogen and oxygen atoms in total. The van der Waals surface area contributed by atoms with Crippen molar-refractivity contribution in [1.82, 2.24) is 0 Å². The maximum Gasteiger partial charge on any atom is 0.166 e. The summed E-state index contributed by atoms with van der Waals surface area (Å²) in [7, 11) is 0. The van der Waals surface area contributed by atoms with Gasteiger partial charge in [0.2, 0.25) is 0 Å². The van der Waals surface area contributed by atoms with Gasteiger partial charge in [0.15, 0.2) is 5.78 Å². The van der Waals surface area contributed by atoms with Crippen LogP contribution in [0.5, 0.6) is 0 Å². The van der Waals surface area contributed by atoms with Gasteiger partial charge in [-0.05, 0) is 0 Å². The summed E-state index contributed by atoms with van der Waals surface area (Å²) >= 11 is 0. The van der Waals surface area contributed by atoms with Gasteiger partial charge in [-0.15, -0.1) is 0 Å². The van der Waals surface area contributed by atoms with Gasteiger partial charge >= 0.3 is 0 Å². The van der Waals surface area contributed by atoms with E-state index in [2.05, 4.69) is 0 Å². The minimum Gasteiger partial charge on any atom is -0.396 e. The van der Waals surface area contributed by atoms with Crippen LogP contribution < -0.4 is 28.7 Å². The number of nitrogen functional groups attached to an aromatic ring is 5. The monoisotopic (exact) mass is 209 g/mol. The van der Waals surface area contributed by atoms with Crippen molar-refractivity contribution in [3.63, 3.8) is 0 Å². The van der Waals surface area contributed by atoms with E-state index in [-0.39, 0.29) is 46.2 Å². The summed E-state index contributed by atoms with van der Waals surface area (Å²) in [6, 6.07) is 0. The Bertz CT molecular complexity index is 398. The Morgan fingerprint density at radius 2 is 1.20 bits per heavy atom. The van der Waals surface area contributed by atoms with E-state index in [9.17, 15) is 4.79 Å². The first-order valence-corrected chi connectivity index (χ1v) is 4.46. The summed E-state index contributed by atoms with van der Waals surface area (Å²) < 4.78 is 0. The van der Waals surface area contributed by atoms with Crippen LogP contribution in [-0.4, -0.2) is 5.78 Å². The molecule has 0 heterocycles. The lowest BCUT2D eigenvalue weighted by atomic mass is 10.0. The second-order valence-corrected chi connectivity index (χ2v) is 3.22. The van der Waals surface area contributed by atoms with E-state index in [0.717, 1.165) is 0 Å². The highest BCUT2D eigenvalue weighted by atomic mass is 16.1. The van der Waals surface area contributed by atoms with Gasteiger partial charge in [0.1, 0.15) is 0 Å². The average Bonchev–Trinajstić information content (AvgIpc) is 2.23. The lowest BCUT2D eigenvalue weighted by Crippen LogP contribution is -2.14. The van der Waals surface area contributed by atoms with E-state index >= 15 is 0 Å². The molecule has 0 atom stereocenters. The normalized spacial score (nSPS) is 10.2. The molecule has 15 heavy (non-hydrogen) atoms. The summed E-state index contributed by atoms with van der Waals surface area (Å²) in [5, 5.41) is 0. The summed E-state index contributed by atoms with van der Waals surface area (Å²) in [6.45, 7) is 1.70. The van der Waals surface area contributed by atoms with E-state index in [1.54, 1.807) is 6.92 Å². The van der Waals surface area contributed by atoms with Crippen molar-refractivity contribution in [1.29, 1.82) is 0 Å². The number of carbonyl (C=O) groups excluding carboxylic acids is 1. The predicted octanol–water partition coefficient (Wildman–Crippen LogP) is 0.190. The first-order chi connectivity index (χ1) is 6.91. The lowest BCUT2D eigenvalue weighted by molar-refractivity contribution is 0.0990. The Morgan fingerprint density at radius 1 is 0.867 bits per heavy atom. The molecule has 1 rings (SSSR count). The maximum atomic E-state index is 11.6. The van der Waals surface area contributed by atoms with Gasteiger partial charge < -0.3 is 28.7 Å². The molecule has 0 unspecified atom stereocenters. The Morgan fingerprint density at radius 3 is 1.53 bits per heavy atom. The SMILES string of the molecule is CCC(=O)c1c(N)c(N)c(N)c(N)c1N. The predicted molar refractivity (Wildman–Crippen MR) is 63.1 cm³/mol. The average molecular weight is 209 g/mol. The third-order valence-electron chi connectivity index (χ3n) is 2.30. The molecule has 6 heteroatoms. The van der Waals surface area contributed by atoms with Crippen LogP contribution in [0.25, 0.3) is 0 Å². The van der Waals surface area contributed by atoms with Gasteiger partial charge in [-0.3, -0.25) is 4.79 Å². The quantitative estimate of drug-likeness (QED) is 0.347. The Labute approximate surface area is 87.4 Å². The first-order valence-electron chi connectivity index (χ1n) is 4.46. The van der Waals surface area contributed by atoms with Crippen molar-refractivity contribution >= 4 is 34.2 Å². The fourth-order valence-corrected chi connectivity index (χ4v) is 1.33. The molecule has 82 valence electrons. The van der Waals surface area contributed by atoms with Gasteiger partial charge in [-0.1, -0.05) is 6.92 Å². The van der Waals surface area contributed by atoms with Crippen LogP contribution in [0.15, 0.2) is 0 Å². The number of benzene rings is 1. The third kappa shape index (κ3) is 1.50. The number of carbonyl (C=O) groups is 1. The van der Waals surface area contributed by atoms with Crippen LogP contribution in [-0.2, 0) is 0 Å². The van der Waals surface area contributed by atoms with Gasteiger partial charge in [-0.2, -0.15) is 0 Å². The van der Waals surface area contributed by atoms with Crippen LogP contribution in [0.1, 0.15) is 23.7 Å². The van der Waals surface area contributed by atoms with Gasteiger partial charge in [0, 0.05) is 6.42 Å². The number of rotatable bonds is 2. The van der Waals surface area contributed by atoms with Gasteiger partial charge in [0.25, 0.3) is 0 Å². The summed E-state index contributed by atoms with van der Waals surface area (Å²) in [4.78, 5) is 11.6. The highest BCUT2D eigenvalue weighted by Gasteiger charge is 2.19. The van der Waals surface area contributed by atoms with E-state index in [4.69, 9.17) is 28.7 Å². The van der Waals surface area contributed by atoms with E-state index in [1.807, 2.05) is 0 Å². The van der Waals surface area contributed by atoms with E-state index in [0.29, 0.717) is 0 Å². The third-order valence-corrected chi connectivity index (χ3v) is 2.30. The number of Topliss-reactive ketones (excluding diaryl/α,β-unsaturated/α-hetero) is 1. The Hall–Kier alpha value is -2.11. The fourth-order valence-electron chi connectivity index (χ4n) is 1.33. The molecule has 0 bridgehead atoms. The molecular weight excluding hydrogens is 194 g/mol. The molecule has 0 aliphatic rings. The van der Waals surface area contributed by atoms with Crippen molar-refractivity contribution in [3.05, 3.63) is 5.56 Å². The number of hydrogen-bond acceptors (Lipinski definition) is 6. The van der Waals surface area contributed by atoms with Gasteiger partial charge in [-0.25, -0.2) is 0 Å². The van der Waals surface area contributed by atoms with Crippen LogP contribution in [0.3, 0.4) is 0 Å². The molecule has 0 amide bonds. The molecule has 0 spiro atoms. The Kier molecular flexibility index (Phi) is 2.61. The molecule has 0 aliphatic carbocycles. The summed E-state index contributed by atoms with van der Waals surface area (Å²) in [6.07, 6.45) is 0.275. The minimum absolute atomic E-state index is 0.103. The van der Waals surface area contributed by atoms with Crippen molar-refractivity contribution in [2.75, 3.05) is 28.7 Å². The fraction of sp³-hybridized carbons (Fsp3) is 0.222. The smallest absolute Gasteiger partial charge is 0.166 e. The number of ketones is 1. The number of anilines is 5. The largest absolute Gasteiger partial charge is 0.396 e. The summed E-state index contributed by atoms with van der Waals surface area (Å²) in [5.74, 6) is -0.205. The maximum absolute atomic E-state index is 11.6. The second kappa shape index (κ2) is 3.56. The zero-order chi connectivity index (χ0) is 11.7. The van der Waals surface area contributed by atoms with Crippen molar-refractivity contribution < 1.29 is 4.79 Å². The first kappa shape index (κ1) is 11.0. The number of hydrogen-bond donors (Lipinski definition) is 5. The molecule has 10 N–H and O–H groups in total. The topological polar surface area (TPSA) is 147 Å². The minimum atomic E-state index is -0.205. The van der Waals surface area contributed by atoms with Crippen molar-refractivity contribution in [2.45, 2.75) is 13.3 Å². The van der Waals surface area contributed by atoms with Gasteiger partial charge in [0.05, 0.1) is 34.0 Å². The Balaban J connectivity index is 3.60. The van der Waals surface area contributed by atoms with Crippen molar-refractivity contribution in [2.24, 2.45) is 0 Å². The molecule has 0 aliphatic heterocycles. The molecule has 0 radical (unpaired) electrons. The second-order valence-electron chi connectivity index (χ2n) is 3.22. The highest BCUT2D eigenvalue weighted by molar-refractivity contribution is 6.13. The molecule has 0 aromatic heterocycles. The van der Waals surface area contributed by atoms with Crippen LogP contribution in [0.4, 0.5) is 28.4 Å². The molecular formula is C9H15N5O. The van der Waals surface area contributed by atoms with Crippen LogP contribution in [0, 0.1) is 0 Å².